The molecule has 0 aromatic rings. The van der Waals surface area contributed by atoms with Crippen LogP contribution in [0.2, 0.25) is 0 Å². The molecule has 0 saturated carbocycles. The standard InChI is InChI=1S/C12H17N/c1-5-7-11-8-9(3)10(4)13-12(11)6-2/h5-8,10,13H,1H2,2-4H3/b11-7-,12-6+. The summed E-state index contributed by atoms with van der Waals surface area (Å²) in [6.07, 6.45) is 8.14. The molecule has 1 aliphatic heterocycles. The van der Waals surface area contributed by atoms with Crippen molar-refractivity contribution in [3.8, 4) is 0 Å². The molecule has 1 unspecified atom stereocenters. The minimum atomic E-state index is 0.438. The van der Waals surface area contributed by atoms with Crippen molar-refractivity contribution in [3.63, 3.8) is 0 Å². The highest BCUT2D eigenvalue weighted by atomic mass is 14.9. The van der Waals surface area contributed by atoms with Crippen LogP contribution in [0, 0.1) is 0 Å². The lowest BCUT2D eigenvalue weighted by atomic mass is 9.98. The van der Waals surface area contributed by atoms with Crippen molar-refractivity contribution in [1.29, 1.82) is 0 Å². The van der Waals surface area contributed by atoms with Crippen LogP contribution in [0.25, 0.3) is 0 Å². The van der Waals surface area contributed by atoms with Crippen molar-refractivity contribution in [1.82, 2.24) is 5.32 Å². The van der Waals surface area contributed by atoms with Crippen LogP contribution in [0.4, 0.5) is 0 Å². The largest absolute Gasteiger partial charge is 0.379 e. The normalized spacial score (nSPS) is 28.5. The highest BCUT2D eigenvalue weighted by molar-refractivity contribution is 5.46. The van der Waals surface area contributed by atoms with Gasteiger partial charge in [0, 0.05) is 11.7 Å². The lowest BCUT2D eigenvalue weighted by Gasteiger charge is -2.25. The zero-order valence-electron chi connectivity index (χ0n) is 8.59. The highest BCUT2D eigenvalue weighted by Gasteiger charge is 2.13. The molecule has 13 heavy (non-hydrogen) atoms. The van der Waals surface area contributed by atoms with Gasteiger partial charge in [0.1, 0.15) is 0 Å². The van der Waals surface area contributed by atoms with Gasteiger partial charge in [0.05, 0.1) is 0 Å². The van der Waals surface area contributed by atoms with Crippen molar-refractivity contribution < 1.29 is 0 Å². The third kappa shape index (κ3) is 2.11. The Morgan fingerprint density at radius 3 is 2.77 bits per heavy atom. The van der Waals surface area contributed by atoms with Gasteiger partial charge in [-0.15, -0.1) is 0 Å². The smallest absolute Gasteiger partial charge is 0.0446 e. The van der Waals surface area contributed by atoms with E-state index < -0.39 is 0 Å². The molecular weight excluding hydrogens is 158 g/mol. The molecular formula is C12H17N. The first-order chi connectivity index (χ1) is 6.19. The monoisotopic (exact) mass is 175 g/mol. The zero-order valence-corrected chi connectivity index (χ0v) is 8.59. The van der Waals surface area contributed by atoms with Gasteiger partial charge in [0.25, 0.3) is 0 Å². The van der Waals surface area contributed by atoms with E-state index in [4.69, 9.17) is 0 Å². The Balaban J connectivity index is 3.06. The van der Waals surface area contributed by atoms with Gasteiger partial charge < -0.3 is 5.32 Å². The molecule has 0 saturated heterocycles. The van der Waals surface area contributed by atoms with Gasteiger partial charge in [0.15, 0.2) is 0 Å². The minimum absolute atomic E-state index is 0.438. The first-order valence-electron chi connectivity index (χ1n) is 4.63. The average molecular weight is 175 g/mol. The van der Waals surface area contributed by atoms with Crippen LogP contribution in [0.1, 0.15) is 20.8 Å². The van der Waals surface area contributed by atoms with E-state index in [0.717, 1.165) is 0 Å². The summed E-state index contributed by atoms with van der Waals surface area (Å²) in [7, 11) is 0. The summed E-state index contributed by atoms with van der Waals surface area (Å²) in [5.41, 5.74) is 3.77. The first-order valence-corrected chi connectivity index (χ1v) is 4.63. The second-order valence-corrected chi connectivity index (χ2v) is 3.31. The maximum Gasteiger partial charge on any atom is 0.0446 e. The molecule has 1 heteroatoms. The van der Waals surface area contributed by atoms with Crippen molar-refractivity contribution in [2.45, 2.75) is 26.8 Å². The second kappa shape index (κ2) is 4.13. The summed E-state index contributed by atoms with van der Waals surface area (Å²) in [6, 6.07) is 0.438. The van der Waals surface area contributed by atoms with E-state index in [2.05, 4.69) is 37.9 Å². The minimum Gasteiger partial charge on any atom is -0.379 e. The molecule has 0 aliphatic carbocycles. The number of hydrogen-bond acceptors (Lipinski definition) is 1. The number of allylic oxidation sites excluding steroid dienone is 4. The van der Waals surface area contributed by atoms with Gasteiger partial charge in [-0.2, -0.15) is 0 Å². The van der Waals surface area contributed by atoms with Crippen LogP contribution < -0.4 is 5.32 Å². The zero-order chi connectivity index (χ0) is 9.84. The SMILES string of the molecule is C=C/C=C1/C=C(C)C(C)N/C1=C/C. The third-order valence-electron chi connectivity index (χ3n) is 2.34. The van der Waals surface area contributed by atoms with Gasteiger partial charge in [-0.05, 0) is 26.3 Å². The molecule has 1 heterocycles. The maximum atomic E-state index is 3.71. The number of hydrogen-bond donors (Lipinski definition) is 1. The van der Waals surface area contributed by atoms with Gasteiger partial charge in [-0.25, -0.2) is 0 Å². The molecule has 1 atom stereocenters. The van der Waals surface area contributed by atoms with Crippen molar-refractivity contribution in [2.24, 2.45) is 0 Å². The van der Waals surface area contributed by atoms with Crippen molar-refractivity contribution >= 4 is 0 Å². The lowest BCUT2D eigenvalue weighted by Crippen LogP contribution is -2.30. The molecule has 0 spiro atoms. The summed E-state index contributed by atoms with van der Waals surface area (Å²) >= 11 is 0. The van der Waals surface area contributed by atoms with Crippen LogP contribution in [0.5, 0.6) is 0 Å². The van der Waals surface area contributed by atoms with E-state index in [1.807, 2.05) is 19.1 Å². The van der Waals surface area contributed by atoms with Gasteiger partial charge >= 0.3 is 0 Å². The fourth-order valence-corrected chi connectivity index (χ4v) is 1.39. The Bertz CT molecular complexity index is 292. The molecule has 70 valence electrons. The summed E-state index contributed by atoms with van der Waals surface area (Å²) in [5, 5.41) is 3.43. The molecule has 0 aromatic carbocycles. The van der Waals surface area contributed by atoms with Gasteiger partial charge in [-0.1, -0.05) is 36.5 Å². The summed E-state index contributed by atoms with van der Waals surface area (Å²) < 4.78 is 0. The maximum absolute atomic E-state index is 3.71. The molecule has 0 amide bonds. The van der Waals surface area contributed by atoms with Crippen LogP contribution >= 0.6 is 0 Å². The van der Waals surface area contributed by atoms with E-state index in [1.165, 1.54) is 16.8 Å². The quantitative estimate of drug-likeness (QED) is 0.646. The third-order valence-corrected chi connectivity index (χ3v) is 2.34. The Hall–Kier alpha value is -1.24. The fourth-order valence-electron chi connectivity index (χ4n) is 1.39. The van der Waals surface area contributed by atoms with Crippen molar-refractivity contribution in [3.05, 3.63) is 47.7 Å². The van der Waals surface area contributed by atoms with Gasteiger partial charge in [0.2, 0.25) is 0 Å². The summed E-state index contributed by atoms with van der Waals surface area (Å²) in [6.45, 7) is 10.1. The molecule has 1 nitrogen and oxygen atoms in total. The number of nitrogens with one attached hydrogen (secondary N) is 1. The molecule has 0 fully saturated rings. The molecule has 1 rings (SSSR count). The summed E-state index contributed by atoms with van der Waals surface area (Å²) in [5.74, 6) is 0. The fraction of sp³-hybridized carbons (Fsp3) is 0.333. The Morgan fingerprint density at radius 2 is 2.23 bits per heavy atom. The molecule has 0 bridgehead atoms. The van der Waals surface area contributed by atoms with E-state index in [1.54, 1.807) is 0 Å². The lowest BCUT2D eigenvalue weighted by molar-refractivity contribution is 0.682. The highest BCUT2D eigenvalue weighted by Crippen LogP contribution is 2.20. The molecule has 1 aliphatic rings. The van der Waals surface area contributed by atoms with E-state index >= 15 is 0 Å². The van der Waals surface area contributed by atoms with Gasteiger partial charge in [-0.3, -0.25) is 0 Å². The topological polar surface area (TPSA) is 12.0 Å². The molecule has 0 radical (unpaired) electrons. The predicted octanol–water partition coefficient (Wildman–Crippen LogP) is 2.94. The van der Waals surface area contributed by atoms with Crippen LogP contribution in [-0.4, -0.2) is 6.04 Å². The number of rotatable bonds is 1. The summed E-state index contributed by atoms with van der Waals surface area (Å²) in [4.78, 5) is 0. The average Bonchev–Trinajstić information content (AvgIpc) is 2.11. The van der Waals surface area contributed by atoms with E-state index in [9.17, 15) is 0 Å². The first kappa shape index (κ1) is 9.85. The van der Waals surface area contributed by atoms with Crippen LogP contribution in [-0.2, 0) is 0 Å². The van der Waals surface area contributed by atoms with Crippen LogP contribution in [0.3, 0.4) is 0 Å². The molecule has 1 N–H and O–H groups in total. The van der Waals surface area contributed by atoms with E-state index in [0.29, 0.717) is 6.04 Å². The Labute approximate surface area is 80.5 Å². The Kier molecular flexibility index (Phi) is 3.13. The predicted molar refractivity (Wildman–Crippen MR) is 58.4 cm³/mol. The van der Waals surface area contributed by atoms with Crippen molar-refractivity contribution in [2.75, 3.05) is 0 Å². The Morgan fingerprint density at radius 1 is 1.54 bits per heavy atom. The molecule has 0 aromatic heterocycles. The van der Waals surface area contributed by atoms with E-state index in [-0.39, 0.29) is 0 Å². The van der Waals surface area contributed by atoms with Crippen LogP contribution in [0.15, 0.2) is 47.7 Å². The second-order valence-electron chi connectivity index (χ2n) is 3.31.